The lowest BCUT2D eigenvalue weighted by molar-refractivity contribution is -0.156. The first kappa shape index (κ1) is 16.1. The molecule has 2 amide bonds. The number of hydrogen-bond donors (Lipinski definition) is 1. The van der Waals surface area contributed by atoms with Crippen LogP contribution in [0.5, 0.6) is 0 Å². The summed E-state index contributed by atoms with van der Waals surface area (Å²) in [4.78, 5) is 26.0. The summed E-state index contributed by atoms with van der Waals surface area (Å²) in [5, 5.41) is 10.2. The SMILES string of the molecule is O=C1CC2(CCCCC2)CC(=O)N1CC(O)c1ccc(F)cc1. The zero-order valence-electron chi connectivity index (χ0n) is 13.1. The first-order valence-electron chi connectivity index (χ1n) is 8.26. The second-order valence-electron chi connectivity index (χ2n) is 6.88. The molecule has 23 heavy (non-hydrogen) atoms. The van der Waals surface area contributed by atoms with Crippen LogP contribution in [0.4, 0.5) is 4.39 Å². The third kappa shape index (κ3) is 3.44. The highest BCUT2D eigenvalue weighted by Gasteiger charge is 2.44. The van der Waals surface area contributed by atoms with E-state index in [1.807, 2.05) is 0 Å². The van der Waals surface area contributed by atoms with Crippen LogP contribution in [0.3, 0.4) is 0 Å². The smallest absolute Gasteiger partial charge is 0.229 e. The van der Waals surface area contributed by atoms with Crippen molar-refractivity contribution >= 4 is 11.8 Å². The molecular weight excluding hydrogens is 297 g/mol. The Bertz CT molecular complexity index is 573. The minimum Gasteiger partial charge on any atom is -0.387 e. The largest absolute Gasteiger partial charge is 0.387 e. The number of piperidine rings is 1. The molecule has 0 aromatic heterocycles. The predicted molar refractivity (Wildman–Crippen MR) is 82.8 cm³/mol. The van der Waals surface area contributed by atoms with E-state index < -0.39 is 6.10 Å². The van der Waals surface area contributed by atoms with E-state index in [2.05, 4.69) is 0 Å². The molecule has 3 rings (SSSR count). The maximum Gasteiger partial charge on any atom is 0.229 e. The van der Waals surface area contributed by atoms with E-state index >= 15 is 0 Å². The van der Waals surface area contributed by atoms with Crippen LogP contribution in [0.25, 0.3) is 0 Å². The van der Waals surface area contributed by atoms with Crippen molar-refractivity contribution in [3.05, 3.63) is 35.6 Å². The number of aliphatic hydroxyl groups is 1. The summed E-state index contributed by atoms with van der Waals surface area (Å²) in [6, 6.07) is 5.47. The normalized spacial score (nSPS) is 22.4. The number of imide groups is 1. The number of likely N-dealkylation sites (tertiary alicyclic amines) is 1. The molecule has 1 saturated heterocycles. The molecule has 4 nitrogen and oxygen atoms in total. The third-order valence-corrected chi connectivity index (χ3v) is 5.18. The molecule has 1 aliphatic carbocycles. The zero-order chi connectivity index (χ0) is 16.4. The number of rotatable bonds is 3. The molecular formula is C18H22FNO3. The number of halogens is 1. The molecule has 1 N–H and O–H groups in total. The monoisotopic (exact) mass is 319 g/mol. The molecule has 1 aromatic rings. The Morgan fingerprint density at radius 1 is 1.04 bits per heavy atom. The van der Waals surface area contributed by atoms with E-state index in [0.29, 0.717) is 18.4 Å². The summed E-state index contributed by atoms with van der Waals surface area (Å²) in [5.41, 5.74) is 0.356. The fraction of sp³-hybridized carbons (Fsp3) is 0.556. The van der Waals surface area contributed by atoms with Gasteiger partial charge in [-0.2, -0.15) is 0 Å². The standard InChI is InChI=1S/C18H22FNO3/c19-14-6-4-13(5-7-14)15(21)12-20-16(22)10-18(11-17(20)23)8-2-1-3-9-18/h4-7,15,21H,1-3,8-12H2. The van der Waals surface area contributed by atoms with Crippen molar-refractivity contribution in [3.8, 4) is 0 Å². The van der Waals surface area contributed by atoms with Gasteiger partial charge in [0.1, 0.15) is 5.82 Å². The van der Waals surface area contributed by atoms with Crippen molar-refractivity contribution in [2.24, 2.45) is 5.41 Å². The summed E-state index contributed by atoms with van der Waals surface area (Å²) in [6.07, 6.45) is 5.04. The summed E-state index contributed by atoms with van der Waals surface area (Å²) in [5.74, 6) is -0.765. The van der Waals surface area contributed by atoms with Crippen LogP contribution in [-0.4, -0.2) is 28.4 Å². The van der Waals surface area contributed by atoms with Crippen LogP contribution in [0.1, 0.15) is 56.6 Å². The number of carbonyl (C=O) groups is 2. The average molecular weight is 319 g/mol. The number of aliphatic hydroxyl groups excluding tert-OH is 1. The number of carbonyl (C=O) groups excluding carboxylic acids is 2. The maximum absolute atomic E-state index is 12.9. The van der Waals surface area contributed by atoms with Crippen molar-refractivity contribution < 1.29 is 19.1 Å². The van der Waals surface area contributed by atoms with E-state index in [9.17, 15) is 19.1 Å². The molecule has 1 atom stereocenters. The first-order chi connectivity index (χ1) is 11.0. The van der Waals surface area contributed by atoms with E-state index in [1.54, 1.807) is 0 Å². The Hall–Kier alpha value is -1.75. The van der Waals surface area contributed by atoms with Crippen molar-refractivity contribution in [2.75, 3.05) is 6.54 Å². The van der Waals surface area contributed by atoms with Gasteiger partial charge in [-0.3, -0.25) is 14.5 Å². The second-order valence-corrected chi connectivity index (χ2v) is 6.88. The average Bonchev–Trinajstić information content (AvgIpc) is 2.52. The molecule has 1 saturated carbocycles. The highest BCUT2D eigenvalue weighted by atomic mass is 19.1. The number of β-amino-alcohol motifs (C(OH)–C–C–N with tert-alkyl or cyclic N) is 1. The second kappa shape index (κ2) is 6.40. The van der Waals surface area contributed by atoms with Gasteiger partial charge in [-0.05, 0) is 36.0 Å². The Morgan fingerprint density at radius 3 is 2.17 bits per heavy atom. The molecule has 2 fully saturated rings. The number of benzene rings is 1. The predicted octanol–water partition coefficient (Wildman–Crippen LogP) is 2.96. The summed E-state index contributed by atoms with van der Waals surface area (Å²) in [6.45, 7) is -0.0562. The van der Waals surface area contributed by atoms with Gasteiger partial charge in [0.05, 0.1) is 12.6 Å². The topological polar surface area (TPSA) is 57.6 Å². The van der Waals surface area contributed by atoms with Gasteiger partial charge in [0.15, 0.2) is 0 Å². The highest BCUT2D eigenvalue weighted by molar-refractivity contribution is 5.98. The summed E-state index contributed by atoms with van der Waals surface area (Å²) in [7, 11) is 0. The van der Waals surface area contributed by atoms with Gasteiger partial charge in [-0.1, -0.05) is 31.4 Å². The molecule has 5 heteroatoms. The van der Waals surface area contributed by atoms with E-state index in [4.69, 9.17) is 0 Å². The van der Waals surface area contributed by atoms with Crippen molar-refractivity contribution in [1.82, 2.24) is 4.90 Å². The zero-order valence-corrected chi connectivity index (χ0v) is 13.1. The third-order valence-electron chi connectivity index (χ3n) is 5.18. The summed E-state index contributed by atoms with van der Waals surface area (Å²) < 4.78 is 12.9. The van der Waals surface area contributed by atoms with Crippen molar-refractivity contribution in [3.63, 3.8) is 0 Å². The van der Waals surface area contributed by atoms with Crippen LogP contribution in [0.15, 0.2) is 24.3 Å². The molecule has 1 aliphatic heterocycles. The molecule has 0 radical (unpaired) electrons. The highest BCUT2D eigenvalue weighted by Crippen LogP contribution is 2.45. The molecule has 1 spiro atoms. The molecule has 1 unspecified atom stereocenters. The van der Waals surface area contributed by atoms with E-state index in [0.717, 1.165) is 25.7 Å². The van der Waals surface area contributed by atoms with Crippen LogP contribution in [0, 0.1) is 11.2 Å². The van der Waals surface area contributed by atoms with Gasteiger partial charge in [0.2, 0.25) is 11.8 Å². The van der Waals surface area contributed by atoms with Crippen molar-refractivity contribution in [1.29, 1.82) is 0 Å². The number of amides is 2. The summed E-state index contributed by atoms with van der Waals surface area (Å²) >= 11 is 0. The molecule has 1 aromatic carbocycles. The molecule has 124 valence electrons. The Balaban J connectivity index is 1.67. The molecule has 1 heterocycles. The lowest BCUT2D eigenvalue weighted by Crippen LogP contribution is -2.49. The minimum absolute atomic E-state index is 0.0562. The van der Waals surface area contributed by atoms with Crippen LogP contribution >= 0.6 is 0 Å². The van der Waals surface area contributed by atoms with Gasteiger partial charge < -0.3 is 5.11 Å². The fourth-order valence-corrected chi connectivity index (χ4v) is 3.86. The van der Waals surface area contributed by atoms with Crippen LogP contribution < -0.4 is 0 Å². The Kier molecular flexibility index (Phi) is 4.48. The van der Waals surface area contributed by atoms with Gasteiger partial charge in [-0.25, -0.2) is 4.39 Å². The van der Waals surface area contributed by atoms with Gasteiger partial charge in [-0.15, -0.1) is 0 Å². The molecule has 2 aliphatic rings. The maximum atomic E-state index is 12.9. The fourth-order valence-electron chi connectivity index (χ4n) is 3.86. The Labute approximate surface area is 135 Å². The van der Waals surface area contributed by atoms with Gasteiger partial charge in [0.25, 0.3) is 0 Å². The van der Waals surface area contributed by atoms with Gasteiger partial charge >= 0.3 is 0 Å². The van der Waals surface area contributed by atoms with Crippen molar-refractivity contribution in [2.45, 2.75) is 51.0 Å². The van der Waals surface area contributed by atoms with Crippen LogP contribution in [0.2, 0.25) is 0 Å². The lowest BCUT2D eigenvalue weighted by atomic mass is 9.67. The van der Waals surface area contributed by atoms with E-state index in [-0.39, 0.29) is 29.6 Å². The minimum atomic E-state index is -0.982. The lowest BCUT2D eigenvalue weighted by Gasteiger charge is -2.42. The number of nitrogens with zero attached hydrogens (tertiary/aromatic N) is 1. The first-order valence-corrected chi connectivity index (χ1v) is 8.26. The van der Waals surface area contributed by atoms with Gasteiger partial charge in [0, 0.05) is 12.8 Å². The number of hydrogen-bond acceptors (Lipinski definition) is 3. The van der Waals surface area contributed by atoms with Crippen LogP contribution in [-0.2, 0) is 9.59 Å². The molecule has 0 bridgehead atoms. The Morgan fingerprint density at radius 2 is 1.61 bits per heavy atom. The quantitative estimate of drug-likeness (QED) is 0.872. The van der Waals surface area contributed by atoms with E-state index in [1.165, 1.54) is 35.6 Å².